The van der Waals surface area contributed by atoms with Crippen molar-refractivity contribution in [1.82, 2.24) is 0 Å². The van der Waals surface area contributed by atoms with Gasteiger partial charge < -0.3 is 10.1 Å². The van der Waals surface area contributed by atoms with Gasteiger partial charge in [-0.3, -0.25) is 0 Å². The molecule has 1 heterocycles. The molecule has 0 unspecified atom stereocenters. The summed E-state index contributed by atoms with van der Waals surface area (Å²) < 4.78 is 5.78. The molecule has 2 aromatic carbocycles. The van der Waals surface area contributed by atoms with Crippen LogP contribution in [0.3, 0.4) is 0 Å². The minimum Gasteiger partial charge on any atom is -0.487 e. The van der Waals surface area contributed by atoms with Gasteiger partial charge in [-0.05, 0) is 24.1 Å². The van der Waals surface area contributed by atoms with Crippen LogP contribution in [0.25, 0.3) is 0 Å². The van der Waals surface area contributed by atoms with Crippen molar-refractivity contribution in [2.24, 2.45) is 0 Å². The standard InChI is InChI=1S/C15H14ClNO/c16-13-6-1-2-7-14(13)18-10-12-5-3-4-11-8-9-17-15(11)12/h1-7,17H,8-10H2. The minimum absolute atomic E-state index is 0.542. The summed E-state index contributed by atoms with van der Waals surface area (Å²) in [5.41, 5.74) is 3.78. The van der Waals surface area contributed by atoms with Crippen LogP contribution in [0.5, 0.6) is 5.75 Å². The van der Waals surface area contributed by atoms with Crippen molar-refractivity contribution in [3.63, 3.8) is 0 Å². The molecule has 18 heavy (non-hydrogen) atoms. The molecule has 1 aliphatic heterocycles. The van der Waals surface area contributed by atoms with E-state index in [-0.39, 0.29) is 0 Å². The second-order valence-electron chi connectivity index (χ2n) is 4.35. The lowest BCUT2D eigenvalue weighted by Gasteiger charge is -2.11. The highest BCUT2D eigenvalue weighted by Gasteiger charge is 2.13. The van der Waals surface area contributed by atoms with E-state index >= 15 is 0 Å². The van der Waals surface area contributed by atoms with Crippen LogP contribution in [0.1, 0.15) is 11.1 Å². The third-order valence-electron chi connectivity index (χ3n) is 3.15. The van der Waals surface area contributed by atoms with E-state index in [1.165, 1.54) is 16.8 Å². The second kappa shape index (κ2) is 4.91. The van der Waals surface area contributed by atoms with E-state index in [1.807, 2.05) is 24.3 Å². The van der Waals surface area contributed by atoms with E-state index in [9.17, 15) is 0 Å². The number of benzene rings is 2. The number of anilines is 1. The Morgan fingerprint density at radius 2 is 2.00 bits per heavy atom. The predicted octanol–water partition coefficient (Wildman–Crippen LogP) is 3.89. The van der Waals surface area contributed by atoms with Crippen LogP contribution in [-0.2, 0) is 13.0 Å². The Balaban J connectivity index is 1.78. The lowest BCUT2D eigenvalue weighted by Crippen LogP contribution is -2.00. The monoisotopic (exact) mass is 259 g/mol. The Hall–Kier alpha value is -1.67. The van der Waals surface area contributed by atoms with Gasteiger partial charge in [0.15, 0.2) is 0 Å². The Kier molecular flexibility index (Phi) is 3.11. The third kappa shape index (κ3) is 2.16. The zero-order valence-electron chi connectivity index (χ0n) is 9.95. The number of fused-ring (bicyclic) bond motifs is 1. The first-order valence-electron chi connectivity index (χ1n) is 6.06. The Bertz CT molecular complexity index is 568. The maximum absolute atomic E-state index is 6.07. The summed E-state index contributed by atoms with van der Waals surface area (Å²) in [5.74, 6) is 0.731. The third-order valence-corrected chi connectivity index (χ3v) is 3.47. The number of halogens is 1. The molecule has 1 aliphatic rings. The molecule has 0 amide bonds. The van der Waals surface area contributed by atoms with Gasteiger partial charge in [0.25, 0.3) is 0 Å². The van der Waals surface area contributed by atoms with Gasteiger partial charge in [-0.2, -0.15) is 0 Å². The first kappa shape index (κ1) is 11.4. The van der Waals surface area contributed by atoms with Crippen LogP contribution in [0.4, 0.5) is 5.69 Å². The topological polar surface area (TPSA) is 21.3 Å². The van der Waals surface area contributed by atoms with Gasteiger partial charge in [-0.1, -0.05) is 41.9 Å². The summed E-state index contributed by atoms with van der Waals surface area (Å²) in [6, 6.07) is 13.9. The molecule has 0 aromatic heterocycles. The summed E-state index contributed by atoms with van der Waals surface area (Å²) in [6.07, 6.45) is 1.09. The first-order valence-corrected chi connectivity index (χ1v) is 6.44. The van der Waals surface area contributed by atoms with Gasteiger partial charge in [0, 0.05) is 17.8 Å². The minimum atomic E-state index is 0.542. The van der Waals surface area contributed by atoms with E-state index in [2.05, 4.69) is 23.5 Å². The SMILES string of the molecule is Clc1ccccc1OCc1cccc2c1NCC2. The highest BCUT2D eigenvalue weighted by molar-refractivity contribution is 6.32. The average Bonchev–Trinajstić information content (AvgIpc) is 2.86. The summed E-state index contributed by atoms with van der Waals surface area (Å²) in [5, 5.41) is 4.06. The molecule has 0 bridgehead atoms. The quantitative estimate of drug-likeness (QED) is 0.903. The van der Waals surface area contributed by atoms with Crippen LogP contribution >= 0.6 is 11.6 Å². The number of ether oxygens (including phenoxy) is 1. The maximum atomic E-state index is 6.07. The molecule has 0 saturated heterocycles. The van der Waals surface area contributed by atoms with E-state index < -0.39 is 0 Å². The van der Waals surface area contributed by atoms with Gasteiger partial charge in [-0.25, -0.2) is 0 Å². The molecule has 3 heteroatoms. The number of hydrogen-bond donors (Lipinski definition) is 1. The second-order valence-corrected chi connectivity index (χ2v) is 4.75. The Labute approximate surface area is 112 Å². The summed E-state index contributed by atoms with van der Waals surface area (Å²) >= 11 is 6.07. The van der Waals surface area contributed by atoms with Gasteiger partial charge in [0.1, 0.15) is 12.4 Å². The molecule has 1 N–H and O–H groups in total. The molecule has 0 radical (unpaired) electrons. The van der Waals surface area contributed by atoms with Crippen LogP contribution in [0, 0.1) is 0 Å². The van der Waals surface area contributed by atoms with E-state index in [4.69, 9.17) is 16.3 Å². The lowest BCUT2D eigenvalue weighted by atomic mass is 10.1. The number of para-hydroxylation sites is 2. The Morgan fingerprint density at radius 3 is 2.89 bits per heavy atom. The normalized spacial score (nSPS) is 12.9. The average molecular weight is 260 g/mol. The van der Waals surface area contributed by atoms with Crippen LogP contribution in [0.15, 0.2) is 42.5 Å². The van der Waals surface area contributed by atoms with Crippen molar-refractivity contribution in [1.29, 1.82) is 0 Å². The van der Waals surface area contributed by atoms with E-state index in [1.54, 1.807) is 0 Å². The van der Waals surface area contributed by atoms with Gasteiger partial charge in [0.05, 0.1) is 5.02 Å². The van der Waals surface area contributed by atoms with Gasteiger partial charge >= 0.3 is 0 Å². The Morgan fingerprint density at radius 1 is 1.11 bits per heavy atom. The van der Waals surface area contributed by atoms with Crippen molar-refractivity contribution < 1.29 is 4.74 Å². The number of hydrogen-bond acceptors (Lipinski definition) is 2. The lowest BCUT2D eigenvalue weighted by molar-refractivity contribution is 0.307. The first-order chi connectivity index (χ1) is 8.84. The van der Waals surface area contributed by atoms with Crippen molar-refractivity contribution in [2.45, 2.75) is 13.0 Å². The molecular weight excluding hydrogens is 246 g/mol. The van der Waals surface area contributed by atoms with Gasteiger partial charge in [0.2, 0.25) is 0 Å². The van der Waals surface area contributed by atoms with Gasteiger partial charge in [-0.15, -0.1) is 0 Å². The van der Waals surface area contributed by atoms with Crippen LogP contribution < -0.4 is 10.1 Å². The smallest absolute Gasteiger partial charge is 0.138 e. The number of rotatable bonds is 3. The fourth-order valence-corrected chi connectivity index (χ4v) is 2.44. The molecule has 2 aromatic rings. The molecular formula is C15H14ClNO. The van der Waals surface area contributed by atoms with Crippen LogP contribution in [0.2, 0.25) is 5.02 Å². The zero-order chi connectivity index (χ0) is 12.4. The van der Waals surface area contributed by atoms with E-state index in [0.29, 0.717) is 11.6 Å². The van der Waals surface area contributed by atoms with Crippen molar-refractivity contribution in [3.05, 3.63) is 58.6 Å². The predicted molar refractivity (Wildman–Crippen MR) is 74.4 cm³/mol. The molecule has 0 spiro atoms. The molecule has 2 nitrogen and oxygen atoms in total. The molecule has 0 aliphatic carbocycles. The van der Waals surface area contributed by atoms with E-state index in [0.717, 1.165) is 18.7 Å². The van der Waals surface area contributed by atoms with Crippen LogP contribution in [-0.4, -0.2) is 6.54 Å². The molecule has 0 atom stereocenters. The maximum Gasteiger partial charge on any atom is 0.138 e. The summed E-state index contributed by atoms with van der Waals surface area (Å²) in [6.45, 7) is 1.55. The van der Waals surface area contributed by atoms with Crippen molar-refractivity contribution in [2.75, 3.05) is 11.9 Å². The molecule has 0 fully saturated rings. The fraction of sp³-hybridized carbons (Fsp3) is 0.200. The zero-order valence-corrected chi connectivity index (χ0v) is 10.7. The summed E-state index contributed by atoms with van der Waals surface area (Å²) in [7, 11) is 0. The molecule has 0 saturated carbocycles. The van der Waals surface area contributed by atoms with Crippen molar-refractivity contribution >= 4 is 17.3 Å². The highest BCUT2D eigenvalue weighted by atomic mass is 35.5. The molecule has 92 valence electrons. The highest BCUT2D eigenvalue weighted by Crippen LogP contribution is 2.29. The number of nitrogens with one attached hydrogen (secondary N) is 1. The fourth-order valence-electron chi connectivity index (χ4n) is 2.25. The molecule has 3 rings (SSSR count). The summed E-state index contributed by atoms with van der Waals surface area (Å²) in [4.78, 5) is 0. The largest absolute Gasteiger partial charge is 0.487 e. The van der Waals surface area contributed by atoms with Crippen molar-refractivity contribution in [3.8, 4) is 5.75 Å².